The van der Waals surface area contributed by atoms with E-state index in [-0.39, 0.29) is 17.3 Å². The maximum Gasteiger partial charge on any atom is 0.254 e. The number of H-pyrrole nitrogens is 1. The van der Waals surface area contributed by atoms with Crippen molar-refractivity contribution in [2.45, 2.75) is 37.2 Å². The summed E-state index contributed by atoms with van der Waals surface area (Å²) in [4.78, 5) is 26.2. The lowest BCUT2D eigenvalue weighted by Crippen LogP contribution is -2.35. The summed E-state index contributed by atoms with van der Waals surface area (Å²) in [6, 6.07) is 14.6. The summed E-state index contributed by atoms with van der Waals surface area (Å²) in [6.45, 7) is 1.02. The Kier molecular flexibility index (Phi) is 4.88. The van der Waals surface area contributed by atoms with Gasteiger partial charge in [-0.1, -0.05) is 36.8 Å². The molecule has 1 atom stereocenters. The number of anilines is 1. The van der Waals surface area contributed by atoms with Gasteiger partial charge >= 0.3 is 0 Å². The molecule has 6 rings (SSSR count). The van der Waals surface area contributed by atoms with Gasteiger partial charge in [-0.15, -0.1) is 0 Å². The molecule has 1 unspecified atom stereocenters. The van der Waals surface area contributed by atoms with Crippen LogP contribution in [-0.4, -0.2) is 50.1 Å². The highest BCUT2D eigenvalue weighted by Gasteiger charge is 2.42. The van der Waals surface area contributed by atoms with E-state index >= 15 is 0 Å². The van der Waals surface area contributed by atoms with Crippen LogP contribution < -0.4 is 5.73 Å². The zero-order valence-corrected chi connectivity index (χ0v) is 18.9. The Morgan fingerprint density at radius 1 is 1.09 bits per heavy atom. The second-order valence-electron chi connectivity index (χ2n) is 9.50. The first-order chi connectivity index (χ1) is 16.5. The van der Waals surface area contributed by atoms with Gasteiger partial charge in [0.05, 0.1) is 6.10 Å². The first-order valence-electron chi connectivity index (χ1n) is 11.8. The fourth-order valence-corrected chi connectivity index (χ4v) is 5.48. The van der Waals surface area contributed by atoms with E-state index in [0.29, 0.717) is 25.1 Å². The van der Waals surface area contributed by atoms with Crippen LogP contribution in [0.3, 0.4) is 0 Å². The third-order valence-corrected chi connectivity index (χ3v) is 7.54. The van der Waals surface area contributed by atoms with E-state index in [1.807, 2.05) is 12.1 Å². The lowest BCUT2D eigenvalue weighted by Gasteiger charge is -2.43. The Labute approximate surface area is 197 Å². The molecule has 2 aromatic carbocycles. The number of nitrogens with two attached hydrogens (primary N) is 1. The molecule has 4 N–H and O–H groups in total. The first-order valence-corrected chi connectivity index (χ1v) is 11.8. The third kappa shape index (κ3) is 3.35. The number of benzene rings is 2. The fraction of sp³-hybridized carbons (Fsp3) is 0.296. The largest absolute Gasteiger partial charge is 0.391 e. The number of likely N-dealkylation sites (tertiary alicyclic amines) is 1. The van der Waals surface area contributed by atoms with Crippen LogP contribution in [0.1, 0.15) is 47.2 Å². The minimum absolute atomic E-state index is 0.0183. The van der Waals surface area contributed by atoms with Gasteiger partial charge in [-0.25, -0.2) is 9.97 Å². The summed E-state index contributed by atoms with van der Waals surface area (Å²) in [6.07, 6.45) is 9.21. The number of aromatic nitrogens is 3. The van der Waals surface area contributed by atoms with Crippen molar-refractivity contribution < 1.29 is 9.90 Å². The van der Waals surface area contributed by atoms with Crippen LogP contribution in [0.15, 0.2) is 61.1 Å². The van der Waals surface area contributed by atoms with E-state index in [9.17, 15) is 9.90 Å². The van der Waals surface area contributed by atoms with E-state index in [1.54, 1.807) is 17.3 Å². The number of fused-ring (bicyclic) bond motifs is 1. The fourth-order valence-electron chi connectivity index (χ4n) is 5.48. The highest BCUT2D eigenvalue weighted by atomic mass is 16.3. The lowest BCUT2D eigenvalue weighted by molar-refractivity contribution is 0.0765. The van der Waals surface area contributed by atoms with Gasteiger partial charge in [0.15, 0.2) is 0 Å². The molecule has 1 amide bonds. The van der Waals surface area contributed by atoms with Crippen molar-refractivity contribution in [1.82, 2.24) is 19.9 Å². The maximum absolute atomic E-state index is 12.9. The van der Waals surface area contributed by atoms with E-state index in [2.05, 4.69) is 51.5 Å². The molecule has 3 heterocycles. The second-order valence-corrected chi connectivity index (χ2v) is 9.50. The molecule has 7 nitrogen and oxygen atoms in total. The summed E-state index contributed by atoms with van der Waals surface area (Å²) in [5, 5.41) is 10.9. The second kappa shape index (κ2) is 7.95. The van der Waals surface area contributed by atoms with Gasteiger partial charge in [0.1, 0.15) is 0 Å². The van der Waals surface area contributed by atoms with Crippen LogP contribution >= 0.6 is 0 Å². The lowest BCUT2D eigenvalue weighted by atomic mass is 9.60. The summed E-state index contributed by atoms with van der Waals surface area (Å²) < 4.78 is 0. The molecule has 2 aromatic heterocycles. The molecule has 34 heavy (non-hydrogen) atoms. The van der Waals surface area contributed by atoms with E-state index in [1.165, 1.54) is 17.5 Å². The van der Waals surface area contributed by atoms with Crippen molar-refractivity contribution in [3.63, 3.8) is 0 Å². The van der Waals surface area contributed by atoms with E-state index in [4.69, 9.17) is 5.73 Å². The van der Waals surface area contributed by atoms with Crippen molar-refractivity contribution in [1.29, 1.82) is 0 Å². The molecule has 1 aliphatic carbocycles. The SMILES string of the molecule is Nc1ncc(-c2ccc(C3(c4c[nH]c5cc(C(=O)N6CCC(O)C6)ccc45)CCC3)cc2)cn1. The minimum atomic E-state index is -0.415. The predicted octanol–water partition coefficient (Wildman–Crippen LogP) is 3.88. The van der Waals surface area contributed by atoms with Gasteiger partial charge in [0, 0.05) is 59.1 Å². The monoisotopic (exact) mass is 453 g/mol. The molecular weight excluding hydrogens is 426 g/mol. The molecule has 0 radical (unpaired) electrons. The minimum Gasteiger partial charge on any atom is -0.391 e. The van der Waals surface area contributed by atoms with Gasteiger partial charge < -0.3 is 20.7 Å². The summed E-state index contributed by atoms with van der Waals surface area (Å²) >= 11 is 0. The number of rotatable bonds is 4. The number of hydrogen-bond donors (Lipinski definition) is 3. The van der Waals surface area contributed by atoms with E-state index in [0.717, 1.165) is 34.9 Å². The zero-order chi connectivity index (χ0) is 23.3. The topological polar surface area (TPSA) is 108 Å². The maximum atomic E-state index is 12.9. The smallest absolute Gasteiger partial charge is 0.254 e. The Hall–Kier alpha value is -3.71. The van der Waals surface area contributed by atoms with Crippen LogP contribution in [0.5, 0.6) is 0 Å². The highest BCUT2D eigenvalue weighted by Crippen LogP contribution is 2.51. The molecule has 1 saturated carbocycles. The molecule has 2 fully saturated rings. The molecule has 1 aliphatic heterocycles. The normalized spacial score (nSPS) is 19.3. The van der Waals surface area contributed by atoms with Crippen molar-refractivity contribution in [3.05, 3.63) is 77.7 Å². The molecule has 7 heteroatoms. The van der Waals surface area contributed by atoms with Crippen molar-refractivity contribution in [2.75, 3.05) is 18.8 Å². The van der Waals surface area contributed by atoms with Crippen LogP contribution in [-0.2, 0) is 5.41 Å². The van der Waals surface area contributed by atoms with Gasteiger partial charge in [-0.05, 0) is 48.1 Å². The number of nitrogen functional groups attached to an aromatic ring is 1. The number of carbonyl (C=O) groups excluding carboxylic acids is 1. The quantitative estimate of drug-likeness (QED) is 0.435. The van der Waals surface area contributed by atoms with Crippen molar-refractivity contribution in [3.8, 4) is 11.1 Å². The van der Waals surface area contributed by atoms with Gasteiger partial charge in [-0.2, -0.15) is 0 Å². The molecule has 0 bridgehead atoms. The number of β-amino-alcohol motifs (C(OH)–C–C–N with tert-alkyl or cyclic N) is 1. The Balaban J connectivity index is 1.32. The molecule has 172 valence electrons. The zero-order valence-electron chi connectivity index (χ0n) is 18.9. The molecule has 0 spiro atoms. The van der Waals surface area contributed by atoms with Crippen molar-refractivity contribution in [2.24, 2.45) is 0 Å². The molecule has 4 aromatic rings. The summed E-state index contributed by atoms with van der Waals surface area (Å²) in [7, 11) is 0. The van der Waals surface area contributed by atoms with Gasteiger partial charge in [-0.3, -0.25) is 4.79 Å². The average Bonchev–Trinajstić information content (AvgIpc) is 3.45. The molecule has 1 saturated heterocycles. The number of carbonyl (C=O) groups is 1. The number of hydrogen-bond acceptors (Lipinski definition) is 5. The van der Waals surface area contributed by atoms with E-state index < -0.39 is 6.10 Å². The van der Waals surface area contributed by atoms with Crippen LogP contribution in [0.4, 0.5) is 5.95 Å². The molecular formula is C27H27N5O2. The first kappa shape index (κ1) is 20.9. The van der Waals surface area contributed by atoms with Crippen LogP contribution in [0.2, 0.25) is 0 Å². The Morgan fingerprint density at radius 3 is 2.50 bits per heavy atom. The predicted molar refractivity (Wildman–Crippen MR) is 131 cm³/mol. The standard InChI is InChI=1S/C27H27N5O2/c28-26-30-13-19(14-31-26)17-2-5-20(6-3-17)27(9-1-10-27)23-15-29-24-12-18(4-7-22(23)24)25(34)32-11-8-21(33)16-32/h2-7,12-15,21,29,33H,1,8-11,16H2,(H2,28,30,31). The summed E-state index contributed by atoms with van der Waals surface area (Å²) in [5.41, 5.74) is 11.8. The number of nitrogens with zero attached hydrogens (tertiary/aromatic N) is 3. The third-order valence-electron chi connectivity index (χ3n) is 7.54. The number of amides is 1. The number of aromatic amines is 1. The number of aliphatic hydroxyl groups is 1. The van der Waals surface area contributed by atoms with Gasteiger partial charge in [0.25, 0.3) is 5.91 Å². The summed E-state index contributed by atoms with van der Waals surface area (Å²) in [5.74, 6) is 0.256. The Morgan fingerprint density at radius 2 is 1.85 bits per heavy atom. The van der Waals surface area contributed by atoms with Crippen LogP contribution in [0, 0.1) is 0 Å². The number of nitrogens with one attached hydrogen (secondary N) is 1. The molecule has 2 aliphatic rings. The average molecular weight is 454 g/mol. The Bertz CT molecular complexity index is 1360. The van der Waals surface area contributed by atoms with Gasteiger partial charge in [0.2, 0.25) is 5.95 Å². The highest BCUT2D eigenvalue weighted by molar-refractivity contribution is 5.99. The van der Waals surface area contributed by atoms with Crippen molar-refractivity contribution >= 4 is 22.8 Å². The number of aliphatic hydroxyl groups excluding tert-OH is 1. The van der Waals surface area contributed by atoms with Crippen LogP contribution in [0.25, 0.3) is 22.0 Å².